The summed E-state index contributed by atoms with van der Waals surface area (Å²) in [5.41, 5.74) is 0.807. The number of sulfonamides is 1. The maximum atomic E-state index is 13.2. The van der Waals surface area contributed by atoms with Crippen LogP contribution in [-0.2, 0) is 29.1 Å². The van der Waals surface area contributed by atoms with Gasteiger partial charge in [0.1, 0.15) is 0 Å². The van der Waals surface area contributed by atoms with Crippen LogP contribution in [0.3, 0.4) is 0 Å². The van der Waals surface area contributed by atoms with E-state index in [1.807, 2.05) is 71.0 Å². The SMILES string of the molecule is CCC(C)(CCOC(C)(CC)CCC(=O)N1C(=O)CCC1=O)NS(=O)(=O)c1ccc(N=Nc2ccc(N(C)C)cc2)cc1. The number of rotatable bonds is 15. The lowest BCUT2D eigenvalue weighted by Crippen LogP contribution is -2.46. The molecular weight excluding hydrogens is 570 g/mol. The first kappa shape index (κ1) is 34.0. The Morgan fingerprint density at radius 3 is 1.93 bits per heavy atom. The molecule has 0 aliphatic carbocycles. The lowest BCUT2D eigenvalue weighted by molar-refractivity contribution is -0.150. The fourth-order valence-corrected chi connectivity index (χ4v) is 6.03. The Hall–Kier alpha value is -3.48. The molecule has 0 saturated carbocycles. The van der Waals surface area contributed by atoms with Gasteiger partial charge in [0.15, 0.2) is 0 Å². The minimum Gasteiger partial charge on any atom is -0.378 e. The molecule has 3 amide bonds. The Balaban J connectivity index is 1.56. The molecule has 234 valence electrons. The molecule has 0 bridgehead atoms. The van der Waals surface area contributed by atoms with Gasteiger partial charge in [-0.2, -0.15) is 10.2 Å². The van der Waals surface area contributed by atoms with Crippen LogP contribution >= 0.6 is 0 Å². The Labute approximate surface area is 254 Å². The monoisotopic (exact) mass is 613 g/mol. The minimum atomic E-state index is -3.84. The molecule has 0 aromatic heterocycles. The van der Waals surface area contributed by atoms with E-state index < -0.39 is 38.9 Å². The average molecular weight is 614 g/mol. The number of carbonyl (C=O) groups is 3. The summed E-state index contributed by atoms with van der Waals surface area (Å²) in [5, 5.41) is 8.44. The van der Waals surface area contributed by atoms with Crippen molar-refractivity contribution in [3.05, 3.63) is 48.5 Å². The lowest BCUT2D eigenvalue weighted by Gasteiger charge is -2.33. The highest BCUT2D eigenvalue weighted by Crippen LogP contribution is 2.27. The van der Waals surface area contributed by atoms with Gasteiger partial charge in [-0.25, -0.2) is 18.0 Å². The number of ether oxygens (including phenoxy) is 1. The van der Waals surface area contributed by atoms with E-state index in [0.717, 1.165) is 10.6 Å². The number of hydrogen-bond donors (Lipinski definition) is 1. The van der Waals surface area contributed by atoms with Crippen LogP contribution in [0.15, 0.2) is 63.7 Å². The van der Waals surface area contributed by atoms with Gasteiger partial charge in [-0.15, -0.1) is 0 Å². The van der Waals surface area contributed by atoms with Crippen LogP contribution in [0.25, 0.3) is 0 Å². The number of amides is 3. The summed E-state index contributed by atoms with van der Waals surface area (Å²) in [4.78, 5) is 39.1. The van der Waals surface area contributed by atoms with Gasteiger partial charge >= 0.3 is 0 Å². The Morgan fingerprint density at radius 1 is 0.907 bits per heavy atom. The van der Waals surface area contributed by atoms with Gasteiger partial charge in [-0.1, -0.05) is 13.8 Å². The predicted molar refractivity (Wildman–Crippen MR) is 165 cm³/mol. The third kappa shape index (κ3) is 9.25. The molecule has 1 N–H and O–H groups in total. The summed E-state index contributed by atoms with van der Waals surface area (Å²) in [6, 6.07) is 13.8. The van der Waals surface area contributed by atoms with E-state index in [4.69, 9.17) is 4.74 Å². The molecule has 3 rings (SSSR count). The van der Waals surface area contributed by atoms with Gasteiger partial charge in [0.05, 0.1) is 21.9 Å². The average Bonchev–Trinajstić information content (AvgIpc) is 3.32. The maximum absolute atomic E-state index is 13.2. The summed E-state index contributed by atoms with van der Waals surface area (Å²) in [6.45, 7) is 7.79. The van der Waals surface area contributed by atoms with Crippen LogP contribution in [0.5, 0.6) is 0 Å². The molecule has 2 aromatic rings. The zero-order valence-electron chi connectivity index (χ0n) is 25.9. The van der Waals surface area contributed by atoms with Gasteiger partial charge in [-0.3, -0.25) is 14.4 Å². The van der Waals surface area contributed by atoms with Crippen LogP contribution in [0.4, 0.5) is 17.1 Å². The first-order chi connectivity index (χ1) is 20.2. The fourth-order valence-electron chi connectivity index (χ4n) is 4.52. The van der Waals surface area contributed by atoms with Crippen molar-refractivity contribution in [2.45, 2.75) is 88.7 Å². The van der Waals surface area contributed by atoms with E-state index in [-0.39, 0.29) is 30.8 Å². The van der Waals surface area contributed by atoms with Gasteiger partial charge < -0.3 is 9.64 Å². The number of nitrogens with zero attached hydrogens (tertiary/aromatic N) is 4. The molecule has 12 heteroatoms. The summed E-state index contributed by atoms with van der Waals surface area (Å²) in [5.74, 6) is -1.41. The number of hydrogen-bond acceptors (Lipinski definition) is 9. The quantitative estimate of drug-likeness (QED) is 0.202. The van der Waals surface area contributed by atoms with Crippen molar-refractivity contribution in [3.63, 3.8) is 0 Å². The Bertz CT molecular complexity index is 1410. The van der Waals surface area contributed by atoms with Crippen molar-refractivity contribution >= 4 is 44.8 Å². The smallest absolute Gasteiger partial charge is 0.241 e. The van der Waals surface area contributed by atoms with E-state index in [2.05, 4.69) is 15.0 Å². The predicted octanol–water partition coefficient (Wildman–Crippen LogP) is 5.65. The molecule has 43 heavy (non-hydrogen) atoms. The number of azo groups is 1. The lowest BCUT2D eigenvalue weighted by atomic mass is 9.94. The third-order valence-corrected chi connectivity index (χ3v) is 9.63. The molecule has 1 aliphatic heterocycles. The molecule has 2 aromatic carbocycles. The van der Waals surface area contributed by atoms with Crippen LogP contribution in [-0.4, -0.2) is 62.9 Å². The molecule has 11 nitrogen and oxygen atoms in total. The molecule has 1 aliphatic rings. The minimum absolute atomic E-state index is 0.0117. The molecule has 2 unspecified atom stereocenters. The number of benzene rings is 2. The second-order valence-corrected chi connectivity index (χ2v) is 13.2. The highest BCUT2D eigenvalue weighted by atomic mass is 32.2. The van der Waals surface area contributed by atoms with Crippen molar-refractivity contribution in [1.82, 2.24) is 9.62 Å². The number of anilines is 1. The maximum Gasteiger partial charge on any atom is 0.241 e. The number of carbonyl (C=O) groups excluding carboxylic acids is 3. The third-order valence-electron chi connectivity index (χ3n) is 7.98. The van der Waals surface area contributed by atoms with Gasteiger partial charge in [0, 0.05) is 51.2 Å². The van der Waals surface area contributed by atoms with E-state index in [1.54, 1.807) is 12.1 Å². The highest BCUT2D eigenvalue weighted by Gasteiger charge is 2.36. The van der Waals surface area contributed by atoms with Gasteiger partial charge in [0.25, 0.3) is 0 Å². The molecular formula is C31H43N5O6S. The zero-order valence-corrected chi connectivity index (χ0v) is 26.7. The molecule has 1 fully saturated rings. The van der Waals surface area contributed by atoms with E-state index in [0.29, 0.717) is 37.1 Å². The number of nitrogens with one attached hydrogen (secondary N) is 1. The van der Waals surface area contributed by atoms with Gasteiger partial charge in [0.2, 0.25) is 27.7 Å². The summed E-state index contributed by atoms with van der Waals surface area (Å²) < 4.78 is 35.5. The topological polar surface area (TPSA) is 138 Å². The second-order valence-electron chi connectivity index (χ2n) is 11.5. The highest BCUT2D eigenvalue weighted by molar-refractivity contribution is 7.89. The van der Waals surface area contributed by atoms with Crippen molar-refractivity contribution in [3.8, 4) is 0 Å². The molecule has 1 saturated heterocycles. The number of likely N-dealkylation sites (tertiary alicyclic amines) is 1. The van der Waals surface area contributed by atoms with E-state index in [9.17, 15) is 22.8 Å². The fraction of sp³-hybridized carbons (Fsp3) is 0.516. The van der Waals surface area contributed by atoms with Gasteiger partial charge in [-0.05, 0) is 88.1 Å². The van der Waals surface area contributed by atoms with Crippen molar-refractivity contribution < 1.29 is 27.5 Å². The molecule has 0 spiro atoms. The first-order valence-electron chi connectivity index (χ1n) is 14.6. The first-order valence-corrected chi connectivity index (χ1v) is 16.0. The summed E-state index contributed by atoms with van der Waals surface area (Å²) in [7, 11) is 0.0789. The molecule has 2 atom stereocenters. The van der Waals surface area contributed by atoms with Crippen LogP contribution in [0.1, 0.15) is 72.6 Å². The van der Waals surface area contributed by atoms with E-state index in [1.165, 1.54) is 12.1 Å². The second kappa shape index (κ2) is 14.3. The Kier molecular flexibility index (Phi) is 11.3. The summed E-state index contributed by atoms with van der Waals surface area (Å²) >= 11 is 0. The number of imide groups is 3. The van der Waals surface area contributed by atoms with Crippen LogP contribution in [0, 0.1) is 0 Å². The molecule has 1 heterocycles. The molecule has 0 radical (unpaired) electrons. The van der Waals surface area contributed by atoms with Crippen molar-refractivity contribution in [2.24, 2.45) is 10.2 Å². The van der Waals surface area contributed by atoms with E-state index >= 15 is 0 Å². The normalized spacial score (nSPS) is 16.8. The Morgan fingerprint density at radius 2 is 1.44 bits per heavy atom. The standard InChI is InChI=1S/C31H43N5O6S/c1-7-30(3,21-22-42-31(4,8-2)20-19-29(39)36-27(37)17-18-28(36)38)34-43(40,41)26-15-11-24(12-16-26)33-32-23-9-13-25(14-10-23)35(5)6/h9-16,34H,7-8,17-22H2,1-6H3. The van der Waals surface area contributed by atoms with Crippen molar-refractivity contribution in [1.29, 1.82) is 0 Å². The largest absolute Gasteiger partial charge is 0.378 e. The van der Waals surface area contributed by atoms with Crippen LogP contribution < -0.4 is 9.62 Å². The summed E-state index contributed by atoms with van der Waals surface area (Å²) in [6.07, 6.45) is 2.00. The van der Waals surface area contributed by atoms with Crippen molar-refractivity contribution in [2.75, 3.05) is 25.6 Å². The van der Waals surface area contributed by atoms with Crippen LogP contribution in [0.2, 0.25) is 0 Å². The zero-order chi connectivity index (χ0) is 31.8.